The van der Waals surface area contributed by atoms with Crippen LogP contribution in [0.3, 0.4) is 0 Å². The van der Waals surface area contributed by atoms with Gasteiger partial charge in [0.25, 0.3) is 0 Å². The fraction of sp³-hybridized carbons (Fsp3) is 0.333. The third-order valence-corrected chi connectivity index (χ3v) is 8.77. The van der Waals surface area contributed by atoms with E-state index in [4.69, 9.17) is 16.3 Å². The lowest BCUT2D eigenvalue weighted by Crippen LogP contribution is -2.60. The molecule has 1 fully saturated rings. The molecule has 4 heterocycles. The topological polar surface area (TPSA) is 101 Å². The Kier molecular flexibility index (Phi) is 7.57. The van der Waals surface area contributed by atoms with Crippen molar-refractivity contribution in [2.45, 2.75) is 52.1 Å². The summed E-state index contributed by atoms with van der Waals surface area (Å²) in [4.78, 5) is 39.8. The number of ether oxygens (including phenoxy) is 1. The van der Waals surface area contributed by atoms with Crippen molar-refractivity contribution < 1.29 is 19.0 Å². The van der Waals surface area contributed by atoms with Crippen LogP contribution in [0, 0.1) is 12.7 Å². The lowest BCUT2D eigenvalue weighted by molar-refractivity contribution is -0.127. The second-order valence-electron chi connectivity index (χ2n) is 11.7. The zero-order chi connectivity index (χ0) is 31.4. The highest BCUT2D eigenvalue weighted by atomic mass is 35.5. The van der Waals surface area contributed by atoms with Crippen molar-refractivity contribution in [2.24, 2.45) is 0 Å². The number of phenolic OH excluding ortho intramolecular Hbond substituents is 1. The number of benzene rings is 2. The van der Waals surface area contributed by atoms with E-state index in [2.05, 4.69) is 16.5 Å². The minimum Gasteiger partial charge on any atom is -0.507 e. The lowest BCUT2D eigenvalue weighted by atomic mass is 9.97. The number of hydrogen-bond acceptors (Lipinski definition) is 7. The predicted molar refractivity (Wildman–Crippen MR) is 169 cm³/mol. The van der Waals surface area contributed by atoms with Crippen LogP contribution in [0.1, 0.15) is 44.4 Å². The average Bonchev–Trinajstić information content (AvgIpc) is 2.97. The molecule has 228 valence electrons. The Morgan fingerprint density at radius 3 is 2.75 bits per heavy atom. The highest BCUT2D eigenvalue weighted by Crippen LogP contribution is 2.46. The summed E-state index contributed by atoms with van der Waals surface area (Å²) in [6.07, 6.45) is 3.43. The molecule has 0 aliphatic carbocycles. The quantitative estimate of drug-likeness (QED) is 0.291. The van der Waals surface area contributed by atoms with Gasteiger partial charge in [0.2, 0.25) is 5.91 Å². The SMILES string of the molecule is C=CC(=O)N1CC(C)N2c3nc(=O)n(-c4c(C)ccnc4C(C)C)c4cc(-c5c(O)cccc5Cl)c(F)c(c34)OCCC2C1. The van der Waals surface area contributed by atoms with Crippen molar-refractivity contribution in [1.29, 1.82) is 0 Å². The molecule has 0 spiro atoms. The van der Waals surface area contributed by atoms with Crippen molar-refractivity contribution in [3.05, 3.63) is 81.8 Å². The van der Waals surface area contributed by atoms with E-state index in [1.807, 2.05) is 38.7 Å². The van der Waals surface area contributed by atoms with Gasteiger partial charge in [0.1, 0.15) is 11.6 Å². The van der Waals surface area contributed by atoms with Crippen LogP contribution in [0.15, 0.2) is 54.0 Å². The van der Waals surface area contributed by atoms with E-state index in [1.54, 1.807) is 23.2 Å². The summed E-state index contributed by atoms with van der Waals surface area (Å²) in [5, 5.41) is 11.3. The molecule has 1 amide bonds. The van der Waals surface area contributed by atoms with Gasteiger partial charge in [0.15, 0.2) is 11.6 Å². The summed E-state index contributed by atoms with van der Waals surface area (Å²) >= 11 is 6.52. The first-order chi connectivity index (χ1) is 21.0. The molecule has 4 aromatic rings. The standard InChI is InChI=1S/C33H33ClFN5O4/c1-6-25(42)38-15-19(5)39-20(16-38)11-13-44-31-27-23(14-21(28(31)35)26-22(34)8-7-9-24(26)41)40(33(43)37-32(27)39)30-18(4)10-12-36-29(30)17(2)3/h6-10,12,14,17,19-20,41H,1,11,13,15-16H2,2-5H3. The Balaban J connectivity index is 1.74. The van der Waals surface area contributed by atoms with E-state index in [-0.39, 0.29) is 64.0 Å². The number of aromatic nitrogens is 3. The molecule has 2 aromatic carbocycles. The molecule has 2 aromatic heterocycles. The van der Waals surface area contributed by atoms with Crippen molar-refractivity contribution >= 4 is 34.2 Å². The number of rotatable bonds is 4. The van der Waals surface area contributed by atoms with Gasteiger partial charge in [-0.15, -0.1) is 0 Å². The van der Waals surface area contributed by atoms with Crippen LogP contribution in [0.4, 0.5) is 10.2 Å². The van der Waals surface area contributed by atoms with Gasteiger partial charge in [-0.3, -0.25) is 14.3 Å². The maximum absolute atomic E-state index is 16.7. The molecule has 2 aliphatic rings. The molecule has 0 radical (unpaired) electrons. The molecule has 6 rings (SSSR count). The van der Waals surface area contributed by atoms with E-state index in [0.717, 1.165) is 5.56 Å². The number of carbonyl (C=O) groups is 1. The number of phenols is 1. The van der Waals surface area contributed by atoms with E-state index >= 15 is 4.39 Å². The maximum Gasteiger partial charge on any atom is 0.354 e. The van der Waals surface area contributed by atoms with Gasteiger partial charge in [0.05, 0.1) is 40.0 Å². The van der Waals surface area contributed by atoms with Crippen LogP contribution in [-0.2, 0) is 4.79 Å². The fourth-order valence-corrected chi connectivity index (χ4v) is 6.77. The van der Waals surface area contributed by atoms with Crippen LogP contribution >= 0.6 is 11.6 Å². The van der Waals surface area contributed by atoms with Crippen molar-refractivity contribution in [1.82, 2.24) is 19.4 Å². The molecular weight excluding hydrogens is 585 g/mol. The van der Waals surface area contributed by atoms with Gasteiger partial charge in [-0.25, -0.2) is 9.18 Å². The zero-order valence-corrected chi connectivity index (χ0v) is 25.7. The van der Waals surface area contributed by atoms with Gasteiger partial charge >= 0.3 is 5.69 Å². The number of nitrogens with zero attached hydrogens (tertiary/aromatic N) is 5. The Hall–Kier alpha value is -4.44. The number of halogens is 2. The fourth-order valence-electron chi connectivity index (χ4n) is 6.50. The average molecular weight is 618 g/mol. The Bertz CT molecular complexity index is 1870. The molecule has 44 heavy (non-hydrogen) atoms. The monoisotopic (exact) mass is 617 g/mol. The number of pyridine rings is 1. The Labute approximate surface area is 259 Å². The summed E-state index contributed by atoms with van der Waals surface area (Å²) in [6.45, 7) is 12.3. The van der Waals surface area contributed by atoms with Crippen LogP contribution in [-0.4, -0.2) is 62.2 Å². The minimum atomic E-state index is -0.729. The zero-order valence-electron chi connectivity index (χ0n) is 25.0. The van der Waals surface area contributed by atoms with Crippen LogP contribution < -0.4 is 15.3 Å². The maximum atomic E-state index is 16.7. The predicted octanol–water partition coefficient (Wildman–Crippen LogP) is 5.75. The first-order valence-corrected chi connectivity index (χ1v) is 15.0. The summed E-state index contributed by atoms with van der Waals surface area (Å²) < 4.78 is 24.4. The van der Waals surface area contributed by atoms with Gasteiger partial charge < -0.3 is 19.6 Å². The third kappa shape index (κ3) is 4.68. The van der Waals surface area contributed by atoms with E-state index in [9.17, 15) is 14.7 Å². The molecule has 0 bridgehead atoms. The molecular formula is C33H33ClFN5O4. The third-order valence-electron chi connectivity index (χ3n) is 8.46. The largest absolute Gasteiger partial charge is 0.507 e. The first-order valence-electron chi connectivity index (χ1n) is 14.6. The molecule has 0 saturated carbocycles. The Morgan fingerprint density at radius 2 is 2.05 bits per heavy atom. The molecule has 1 N–H and O–H groups in total. The summed E-state index contributed by atoms with van der Waals surface area (Å²) in [5.41, 5.74) is 1.83. The number of fused-ring (bicyclic) bond motifs is 2. The van der Waals surface area contributed by atoms with Gasteiger partial charge in [-0.2, -0.15) is 4.98 Å². The molecule has 1 saturated heterocycles. The second kappa shape index (κ2) is 11.2. The summed E-state index contributed by atoms with van der Waals surface area (Å²) in [5.74, 6) is -0.983. The number of carbonyl (C=O) groups excluding carboxylic acids is 1. The highest BCUT2D eigenvalue weighted by molar-refractivity contribution is 6.33. The number of anilines is 1. The van der Waals surface area contributed by atoms with Crippen molar-refractivity contribution in [3.63, 3.8) is 0 Å². The van der Waals surface area contributed by atoms with Crippen molar-refractivity contribution in [2.75, 3.05) is 24.6 Å². The van der Waals surface area contributed by atoms with E-state index in [1.165, 1.54) is 22.8 Å². The number of amides is 1. The van der Waals surface area contributed by atoms with Gasteiger partial charge in [0, 0.05) is 42.9 Å². The van der Waals surface area contributed by atoms with E-state index in [0.29, 0.717) is 41.8 Å². The number of piperazine rings is 1. The molecule has 2 unspecified atom stereocenters. The van der Waals surface area contributed by atoms with Crippen molar-refractivity contribution in [3.8, 4) is 28.3 Å². The van der Waals surface area contributed by atoms with Gasteiger partial charge in [-0.1, -0.05) is 38.1 Å². The summed E-state index contributed by atoms with van der Waals surface area (Å²) in [7, 11) is 0. The summed E-state index contributed by atoms with van der Waals surface area (Å²) in [6, 6.07) is 7.40. The Morgan fingerprint density at radius 1 is 1.27 bits per heavy atom. The molecule has 2 aliphatic heterocycles. The first kappa shape index (κ1) is 29.6. The molecule has 11 heteroatoms. The number of aryl methyl sites for hydroxylation is 1. The minimum absolute atomic E-state index is 0.0138. The highest BCUT2D eigenvalue weighted by Gasteiger charge is 2.39. The number of hydrogen-bond donors (Lipinski definition) is 1. The van der Waals surface area contributed by atoms with Crippen LogP contribution in [0.2, 0.25) is 5.02 Å². The number of aromatic hydroxyl groups is 1. The van der Waals surface area contributed by atoms with E-state index < -0.39 is 11.5 Å². The molecule has 2 atom stereocenters. The van der Waals surface area contributed by atoms with Crippen LogP contribution in [0.5, 0.6) is 11.5 Å². The smallest absolute Gasteiger partial charge is 0.354 e. The lowest BCUT2D eigenvalue weighted by Gasteiger charge is -2.47. The normalized spacial score (nSPS) is 18.1. The van der Waals surface area contributed by atoms with Gasteiger partial charge in [-0.05, 0) is 55.7 Å². The molecule has 9 nitrogen and oxygen atoms in total. The van der Waals surface area contributed by atoms with Crippen LogP contribution in [0.25, 0.3) is 27.7 Å². The second-order valence-corrected chi connectivity index (χ2v) is 12.1.